The first-order valence-corrected chi connectivity index (χ1v) is 6.36. The van der Waals surface area contributed by atoms with Gasteiger partial charge in [-0.1, -0.05) is 24.9 Å². The highest BCUT2D eigenvalue weighted by atomic mass is 35.5. The van der Waals surface area contributed by atoms with Gasteiger partial charge < -0.3 is 16.0 Å². The Morgan fingerprint density at radius 3 is 2.72 bits per heavy atom. The summed E-state index contributed by atoms with van der Waals surface area (Å²) in [4.78, 5) is 13.8. The highest BCUT2D eigenvalue weighted by Crippen LogP contribution is 2.27. The smallest absolute Gasteiger partial charge is 0.241 e. The van der Waals surface area contributed by atoms with Crippen molar-refractivity contribution in [1.82, 2.24) is 0 Å². The van der Waals surface area contributed by atoms with E-state index in [0.29, 0.717) is 17.1 Å². The Kier molecular flexibility index (Phi) is 5.44. The summed E-state index contributed by atoms with van der Waals surface area (Å²) >= 11 is 5.94. The number of hydrogen-bond donors (Lipinski definition) is 2. The quantitative estimate of drug-likeness (QED) is 0.863. The van der Waals surface area contributed by atoms with Gasteiger partial charge in [-0.05, 0) is 24.6 Å². The first kappa shape index (κ1) is 14.8. The van der Waals surface area contributed by atoms with Crippen LogP contribution in [0.3, 0.4) is 0 Å². The second-order valence-corrected chi connectivity index (χ2v) is 4.88. The molecule has 0 aromatic heterocycles. The molecule has 0 radical (unpaired) electrons. The van der Waals surface area contributed by atoms with Gasteiger partial charge in [0.25, 0.3) is 0 Å². The van der Waals surface area contributed by atoms with E-state index in [1.807, 2.05) is 32.0 Å². The minimum atomic E-state index is -0.482. The maximum atomic E-state index is 11.9. The van der Waals surface area contributed by atoms with E-state index in [1.54, 1.807) is 12.1 Å². The van der Waals surface area contributed by atoms with Crippen LogP contribution < -0.4 is 16.0 Å². The summed E-state index contributed by atoms with van der Waals surface area (Å²) in [5.41, 5.74) is 7.36. The van der Waals surface area contributed by atoms with Gasteiger partial charge in [0.2, 0.25) is 5.91 Å². The fourth-order valence-electron chi connectivity index (χ4n) is 1.67. The van der Waals surface area contributed by atoms with Crippen molar-refractivity contribution >= 4 is 28.9 Å². The molecule has 0 spiro atoms. The molecule has 3 N–H and O–H groups in total. The second-order valence-electron chi connectivity index (χ2n) is 4.44. The average Bonchev–Trinajstić information content (AvgIpc) is 2.28. The summed E-state index contributed by atoms with van der Waals surface area (Å²) in [5.74, 6) is -0.179. The monoisotopic (exact) mass is 269 g/mol. The number of amides is 1. The van der Waals surface area contributed by atoms with Crippen LogP contribution >= 0.6 is 11.6 Å². The number of halogens is 1. The number of anilines is 2. The van der Waals surface area contributed by atoms with Gasteiger partial charge in [0.15, 0.2) is 0 Å². The highest BCUT2D eigenvalue weighted by Gasteiger charge is 2.15. The summed E-state index contributed by atoms with van der Waals surface area (Å²) in [6.07, 6.45) is 1.55. The van der Waals surface area contributed by atoms with Gasteiger partial charge in [-0.3, -0.25) is 4.79 Å². The van der Waals surface area contributed by atoms with Crippen LogP contribution in [0.4, 0.5) is 11.4 Å². The third-order valence-corrected chi connectivity index (χ3v) is 2.87. The van der Waals surface area contributed by atoms with E-state index in [1.165, 1.54) is 0 Å². The number of nitrogens with one attached hydrogen (secondary N) is 1. The highest BCUT2D eigenvalue weighted by molar-refractivity contribution is 6.31. The molecule has 5 heteroatoms. The Hall–Kier alpha value is -1.26. The fourth-order valence-corrected chi connectivity index (χ4v) is 1.84. The largest absolute Gasteiger partial charge is 0.376 e. The van der Waals surface area contributed by atoms with Crippen molar-refractivity contribution < 1.29 is 4.79 Å². The van der Waals surface area contributed by atoms with Crippen LogP contribution in [-0.4, -0.2) is 26.0 Å². The van der Waals surface area contributed by atoms with Gasteiger partial charge >= 0.3 is 0 Å². The molecule has 0 saturated heterocycles. The number of benzene rings is 1. The van der Waals surface area contributed by atoms with Crippen LogP contribution in [0.2, 0.25) is 5.02 Å². The van der Waals surface area contributed by atoms with Crippen LogP contribution in [0, 0.1) is 0 Å². The van der Waals surface area contributed by atoms with Crippen LogP contribution in [0.15, 0.2) is 18.2 Å². The molecule has 100 valence electrons. The van der Waals surface area contributed by atoms with E-state index in [-0.39, 0.29) is 5.91 Å². The lowest BCUT2D eigenvalue weighted by atomic mass is 10.1. The first-order chi connectivity index (χ1) is 8.45. The van der Waals surface area contributed by atoms with E-state index in [2.05, 4.69) is 5.32 Å². The summed E-state index contributed by atoms with van der Waals surface area (Å²) in [7, 11) is 3.82. The van der Waals surface area contributed by atoms with Crippen molar-refractivity contribution in [1.29, 1.82) is 0 Å². The zero-order chi connectivity index (χ0) is 13.7. The van der Waals surface area contributed by atoms with Gasteiger partial charge in [-0.2, -0.15) is 0 Å². The Balaban J connectivity index is 2.89. The van der Waals surface area contributed by atoms with Gasteiger partial charge in [0.1, 0.15) is 0 Å². The lowest BCUT2D eigenvalue weighted by Gasteiger charge is -2.19. The van der Waals surface area contributed by atoms with E-state index in [0.717, 1.165) is 12.1 Å². The third kappa shape index (κ3) is 3.89. The normalized spacial score (nSPS) is 12.1. The molecular weight excluding hydrogens is 250 g/mol. The Morgan fingerprint density at radius 1 is 1.50 bits per heavy atom. The number of carbonyl (C=O) groups is 1. The van der Waals surface area contributed by atoms with Crippen molar-refractivity contribution in [3.05, 3.63) is 23.2 Å². The molecule has 18 heavy (non-hydrogen) atoms. The first-order valence-electron chi connectivity index (χ1n) is 5.99. The minimum absolute atomic E-state index is 0.179. The van der Waals surface area contributed by atoms with Gasteiger partial charge in [-0.15, -0.1) is 0 Å². The van der Waals surface area contributed by atoms with Gasteiger partial charge in [-0.25, -0.2) is 0 Å². The predicted octanol–water partition coefficient (Wildman–Crippen LogP) is 2.47. The number of rotatable bonds is 5. The SMILES string of the molecule is CCC[C@H](N)C(=O)Nc1cc(Cl)ccc1N(C)C. The van der Waals surface area contributed by atoms with Crippen molar-refractivity contribution in [2.45, 2.75) is 25.8 Å². The number of nitrogens with zero attached hydrogens (tertiary/aromatic N) is 1. The van der Waals surface area contributed by atoms with Gasteiger partial charge in [0.05, 0.1) is 17.4 Å². The molecule has 0 fully saturated rings. The maximum absolute atomic E-state index is 11.9. The molecule has 0 aliphatic heterocycles. The molecule has 1 aromatic carbocycles. The van der Waals surface area contributed by atoms with Crippen molar-refractivity contribution in [3.63, 3.8) is 0 Å². The molecule has 1 amide bonds. The lowest BCUT2D eigenvalue weighted by molar-refractivity contribution is -0.117. The van der Waals surface area contributed by atoms with E-state index in [4.69, 9.17) is 17.3 Å². The Labute approximate surface area is 113 Å². The summed E-state index contributed by atoms with van der Waals surface area (Å²) in [5, 5.41) is 3.41. The molecule has 0 heterocycles. The molecule has 4 nitrogen and oxygen atoms in total. The van der Waals surface area contributed by atoms with Crippen molar-refractivity contribution in [2.75, 3.05) is 24.3 Å². The van der Waals surface area contributed by atoms with Crippen molar-refractivity contribution in [3.8, 4) is 0 Å². The van der Waals surface area contributed by atoms with E-state index >= 15 is 0 Å². The number of nitrogens with two attached hydrogens (primary N) is 1. The summed E-state index contributed by atoms with van der Waals surface area (Å²) < 4.78 is 0. The second kappa shape index (κ2) is 6.61. The predicted molar refractivity (Wildman–Crippen MR) is 77.3 cm³/mol. The molecule has 0 aliphatic carbocycles. The Bertz CT molecular complexity index is 421. The van der Waals surface area contributed by atoms with Crippen molar-refractivity contribution in [2.24, 2.45) is 5.73 Å². The zero-order valence-corrected chi connectivity index (χ0v) is 11.8. The van der Waals surface area contributed by atoms with Crippen LogP contribution in [-0.2, 0) is 4.79 Å². The van der Waals surface area contributed by atoms with Crippen LogP contribution in [0.25, 0.3) is 0 Å². The molecule has 0 saturated carbocycles. The standard InChI is InChI=1S/C13H20ClN3O/c1-4-5-10(15)13(18)16-11-8-9(14)6-7-12(11)17(2)3/h6-8,10H,4-5,15H2,1-3H3,(H,16,18)/t10-/m0/s1. The minimum Gasteiger partial charge on any atom is -0.376 e. The summed E-state index contributed by atoms with van der Waals surface area (Å²) in [6, 6.07) is 4.90. The molecule has 1 aromatic rings. The van der Waals surface area contributed by atoms with Crippen LogP contribution in [0.1, 0.15) is 19.8 Å². The molecule has 0 unspecified atom stereocenters. The average molecular weight is 270 g/mol. The maximum Gasteiger partial charge on any atom is 0.241 e. The van der Waals surface area contributed by atoms with Gasteiger partial charge in [0, 0.05) is 19.1 Å². The topological polar surface area (TPSA) is 58.4 Å². The number of hydrogen-bond acceptors (Lipinski definition) is 3. The molecule has 0 aliphatic rings. The fraction of sp³-hybridized carbons (Fsp3) is 0.462. The number of carbonyl (C=O) groups excluding carboxylic acids is 1. The Morgan fingerprint density at radius 2 is 2.17 bits per heavy atom. The third-order valence-electron chi connectivity index (χ3n) is 2.63. The van der Waals surface area contributed by atoms with Crippen LogP contribution in [0.5, 0.6) is 0 Å². The van der Waals surface area contributed by atoms with E-state index < -0.39 is 6.04 Å². The lowest BCUT2D eigenvalue weighted by Crippen LogP contribution is -2.35. The zero-order valence-electron chi connectivity index (χ0n) is 11.0. The molecule has 0 bridgehead atoms. The molecule has 1 rings (SSSR count). The summed E-state index contributed by atoms with van der Waals surface area (Å²) in [6.45, 7) is 2.00. The van der Waals surface area contributed by atoms with E-state index in [9.17, 15) is 4.79 Å². The molecule has 1 atom stereocenters. The molecular formula is C13H20ClN3O.